The van der Waals surface area contributed by atoms with Gasteiger partial charge in [-0.1, -0.05) is 6.42 Å². The number of hydrogen-bond acceptors (Lipinski definition) is 4. The zero-order chi connectivity index (χ0) is 16.0. The first-order valence-corrected chi connectivity index (χ1v) is 8.41. The molecular formula is C12H22N2O6S. The molecule has 0 aromatic carbocycles. The summed E-state index contributed by atoms with van der Waals surface area (Å²) in [6.07, 6.45) is 2.31. The topological polar surface area (TPSA) is 124 Å². The van der Waals surface area contributed by atoms with E-state index in [-0.39, 0.29) is 25.3 Å². The van der Waals surface area contributed by atoms with Crippen molar-refractivity contribution in [1.29, 1.82) is 0 Å². The van der Waals surface area contributed by atoms with E-state index in [1.165, 1.54) is 4.31 Å². The molecule has 0 aromatic heterocycles. The van der Waals surface area contributed by atoms with Crippen molar-refractivity contribution in [2.24, 2.45) is 0 Å². The number of aliphatic carboxylic acids is 2. The number of hydrogen-bond donors (Lipinski definition) is 3. The minimum absolute atomic E-state index is 0.0525. The molecule has 9 heteroatoms. The van der Waals surface area contributed by atoms with Gasteiger partial charge in [0.2, 0.25) is 0 Å². The summed E-state index contributed by atoms with van der Waals surface area (Å²) in [5.74, 6) is -2.33. The van der Waals surface area contributed by atoms with E-state index in [4.69, 9.17) is 10.2 Å². The molecule has 1 saturated heterocycles. The van der Waals surface area contributed by atoms with Crippen LogP contribution in [0.1, 0.15) is 45.4 Å². The Labute approximate surface area is 124 Å². The van der Waals surface area contributed by atoms with Crippen molar-refractivity contribution in [3.63, 3.8) is 0 Å². The third-order valence-corrected chi connectivity index (χ3v) is 5.27. The maximum atomic E-state index is 12.2. The molecule has 122 valence electrons. The van der Waals surface area contributed by atoms with Gasteiger partial charge in [-0.2, -0.15) is 17.4 Å². The first kappa shape index (κ1) is 17.9. The van der Waals surface area contributed by atoms with Gasteiger partial charge in [0.25, 0.3) is 10.2 Å². The molecule has 21 heavy (non-hydrogen) atoms. The van der Waals surface area contributed by atoms with Crippen LogP contribution < -0.4 is 4.72 Å². The minimum Gasteiger partial charge on any atom is -0.481 e. The highest BCUT2D eigenvalue weighted by molar-refractivity contribution is 7.87. The lowest BCUT2D eigenvalue weighted by Gasteiger charge is -2.33. The second-order valence-electron chi connectivity index (χ2n) is 5.26. The molecule has 0 radical (unpaired) electrons. The molecule has 0 saturated carbocycles. The van der Waals surface area contributed by atoms with Crippen molar-refractivity contribution in [3.05, 3.63) is 0 Å². The molecule has 2 atom stereocenters. The highest BCUT2D eigenvalue weighted by Crippen LogP contribution is 2.19. The number of carbonyl (C=O) groups is 2. The van der Waals surface area contributed by atoms with Crippen molar-refractivity contribution in [1.82, 2.24) is 9.03 Å². The lowest BCUT2D eigenvalue weighted by Crippen LogP contribution is -2.52. The van der Waals surface area contributed by atoms with Gasteiger partial charge in [-0.3, -0.25) is 9.59 Å². The Morgan fingerprint density at radius 2 is 2.00 bits per heavy atom. The number of rotatable bonds is 8. The van der Waals surface area contributed by atoms with Gasteiger partial charge >= 0.3 is 11.9 Å². The van der Waals surface area contributed by atoms with E-state index in [0.29, 0.717) is 6.54 Å². The first-order valence-electron chi connectivity index (χ1n) is 6.97. The van der Waals surface area contributed by atoms with Crippen LogP contribution in [0.5, 0.6) is 0 Å². The lowest BCUT2D eigenvalue weighted by atomic mass is 10.1. The van der Waals surface area contributed by atoms with Gasteiger partial charge in [-0.15, -0.1) is 0 Å². The molecule has 3 N–H and O–H groups in total. The van der Waals surface area contributed by atoms with E-state index >= 15 is 0 Å². The van der Waals surface area contributed by atoms with Gasteiger partial charge in [0.15, 0.2) is 0 Å². The zero-order valence-corrected chi connectivity index (χ0v) is 12.8. The molecule has 1 fully saturated rings. The van der Waals surface area contributed by atoms with Crippen molar-refractivity contribution in [2.45, 2.75) is 57.5 Å². The standard InChI is InChI=1S/C12H22N2O6S/c1-9-5-2-3-8-14(9)21(19,20)13-10(12(17)18)6-4-7-11(15)16/h9-10,13H,2-8H2,1H3,(H,15,16)(H,17,18)/t9?,10-/m1/s1. The highest BCUT2D eigenvalue weighted by Gasteiger charge is 2.33. The molecule has 1 rings (SSSR count). The van der Waals surface area contributed by atoms with Crippen LogP contribution in [0.25, 0.3) is 0 Å². The molecule has 0 bridgehead atoms. The van der Waals surface area contributed by atoms with E-state index in [1.807, 2.05) is 0 Å². The van der Waals surface area contributed by atoms with Crippen LogP contribution in [0.15, 0.2) is 0 Å². The van der Waals surface area contributed by atoms with E-state index in [1.54, 1.807) is 6.92 Å². The second-order valence-corrected chi connectivity index (χ2v) is 6.91. The number of carboxylic acid groups (broad SMARTS) is 2. The molecule has 0 aliphatic carbocycles. The molecule has 1 heterocycles. The Morgan fingerprint density at radius 3 is 2.52 bits per heavy atom. The summed E-state index contributed by atoms with van der Waals surface area (Å²) >= 11 is 0. The van der Waals surface area contributed by atoms with Crippen LogP contribution in [0.2, 0.25) is 0 Å². The molecule has 8 nitrogen and oxygen atoms in total. The largest absolute Gasteiger partial charge is 0.481 e. The van der Waals surface area contributed by atoms with Gasteiger partial charge in [-0.25, -0.2) is 0 Å². The monoisotopic (exact) mass is 322 g/mol. The average Bonchev–Trinajstić information content (AvgIpc) is 2.37. The summed E-state index contributed by atoms with van der Waals surface area (Å²) in [5, 5.41) is 17.6. The fourth-order valence-electron chi connectivity index (χ4n) is 2.37. The van der Waals surface area contributed by atoms with Crippen molar-refractivity contribution in [2.75, 3.05) is 6.54 Å². The molecule has 0 aromatic rings. The van der Waals surface area contributed by atoms with Gasteiger partial charge in [0, 0.05) is 19.0 Å². The van der Waals surface area contributed by atoms with Gasteiger partial charge in [0.1, 0.15) is 6.04 Å². The maximum Gasteiger partial charge on any atom is 0.321 e. The summed E-state index contributed by atoms with van der Waals surface area (Å²) in [4.78, 5) is 21.6. The number of piperidine rings is 1. The van der Waals surface area contributed by atoms with Gasteiger partial charge < -0.3 is 10.2 Å². The molecule has 1 unspecified atom stereocenters. The predicted molar refractivity (Wildman–Crippen MR) is 75.0 cm³/mol. The zero-order valence-electron chi connectivity index (χ0n) is 12.0. The van der Waals surface area contributed by atoms with Crippen LogP contribution in [0.3, 0.4) is 0 Å². The summed E-state index contributed by atoms with van der Waals surface area (Å²) in [7, 11) is -3.87. The fourth-order valence-corrected chi connectivity index (χ4v) is 4.03. The van der Waals surface area contributed by atoms with E-state index < -0.39 is 28.2 Å². The third kappa shape index (κ3) is 5.60. The first-order chi connectivity index (χ1) is 9.74. The Bertz CT molecular complexity index is 478. The van der Waals surface area contributed by atoms with E-state index in [0.717, 1.165) is 19.3 Å². The van der Waals surface area contributed by atoms with Crippen molar-refractivity contribution in [3.8, 4) is 0 Å². The second kappa shape index (κ2) is 7.71. The molecule has 1 aliphatic heterocycles. The number of carboxylic acids is 2. The van der Waals surface area contributed by atoms with Crippen molar-refractivity contribution < 1.29 is 28.2 Å². The Morgan fingerprint density at radius 1 is 1.33 bits per heavy atom. The summed E-state index contributed by atoms with van der Waals surface area (Å²) in [6.45, 7) is 2.16. The highest BCUT2D eigenvalue weighted by atomic mass is 32.2. The summed E-state index contributed by atoms with van der Waals surface area (Å²) in [6, 6.07) is -1.46. The molecular weight excluding hydrogens is 300 g/mol. The molecule has 0 spiro atoms. The van der Waals surface area contributed by atoms with Crippen LogP contribution in [-0.4, -0.2) is 53.5 Å². The average molecular weight is 322 g/mol. The third-order valence-electron chi connectivity index (χ3n) is 3.52. The maximum absolute atomic E-state index is 12.2. The fraction of sp³-hybridized carbons (Fsp3) is 0.833. The Hall–Kier alpha value is -1.19. The smallest absolute Gasteiger partial charge is 0.321 e. The van der Waals surface area contributed by atoms with Crippen LogP contribution >= 0.6 is 0 Å². The van der Waals surface area contributed by atoms with Crippen LogP contribution in [0.4, 0.5) is 0 Å². The van der Waals surface area contributed by atoms with Crippen LogP contribution in [0, 0.1) is 0 Å². The van der Waals surface area contributed by atoms with Crippen LogP contribution in [-0.2, 0) is 19.8 Å². The number of nitrogens with one attached hydrogen (secondary N) is 1. The van der Waals surface area contributed by atoms with E-state index in [9.17, 15) is 18.0 Å². The summed E-state index contributed by atoms with van der Waals surface area (Å²) in [5.41, 5.74) is 0. The Balaban J connectivity index is 2.67. The van der Waals surface area contributed by atoms with Crippen molar-refractivity contribution >= 4 is 22.1 Å². The normalized spacial score (nSPS) is 21.9. The minimum atomic E-state index is -3.87. The Kier molecular flexibility index (Phi) is 6.56. The lowest BCUT2D eigenvalue weighted by molar-refractivity contribution is -0.140. The quantitative estimate of drug-likeness (QED) is 0.594. The summed E-state index contributed by atoms with van der Waals surface area (Å²) < 4.78 is 27.9. The molecule has 0 amide bonds. The predicted octanol–water partition coefficient (Wildman–Crippen LogP) is 0.403. The van der Waals surface area contributed by atoms with Gasteiger partial charge in [0.05, 0.1) is 0 Å². The van der Waals surface area contributed by atoms with E-state index in [2.05, 4.69) is 4.72 Å². The number of nitrogens with zero attached hydrogens (tertiary/aromatic N) is 1. The SMILES string of the molecule is CC1CCCCN1S(=O)(=O)N[C@H](CCCC(=O)O)C(=O)O. The van der Waals surface area contributed by atoms with Gasteiger partial charge in [-0.05, 0) is 32.6 Å². The molecule has 1 aliphatic rings.